The molecule has 160 valence electrons. The van der Waals surface area contributed by atoms with E-state index in [4.69, 9.17) is 4.74 Å². The van der Waals surface area contributed by atoms with Crippen molar-refractivity contribution in [3.63, 3.8) is 0 Å². The zero-order valence-electron chi connectivity index (χ0n) is 17.2. The zero-order chi connectivity index (χ0) is 21.1. The van der Waals surface area contributed by atoms with Crippen molar-refractivity contribution in [3.8, 4) is 5.75 Å². The number of carbonyl (C=O) groups is 1. The average Bonchev–Trinajstić information content (AvgIpc) is 3.35. The van der Waals surface area contributed by atoms with Crippen LogP contribution in [0.25, 0.3) is 0 Å². The molecule has 30 heavy (non-hydrogen) atoms. The molecule has 7 nitrogen and oxygen atoms in total. The van der Waals surface area contributed by atoms with Gasteiger partial charge in [-0.15, -0.1) is 0 Å². The molecule has 0 N–H and O–H groups in total. The molecule has 2 aromatic carbocycles. The van der Waals surface area contributed by atoms with Crippen LogP contribution in [0.4, 0.5) is 5.69 Å². The Bertz CT molecular complexity index is 993. The second kappa shape index (κ2) is 8.65. The van der Waals surface area contributed by atoms with Crippen molar-refractivity contribution in [2.24, 2.45) is 0 Å². The van der Waals surface area contributed by atoms with Gasteiger partial charge in [0.15, 0.2) is 0 Å². The molecule has 1 amide bonds. The number of hydrogen-bond acceptors (Lipinski definition) is 5. The molecule has 2 aliphatic heterocycles. The van der Waals surface area contributed by atoms with Gasteiger partial charge < -0.3 is 14.5 Å². The Morgan fingerprint density at radius 1 is 0.900 bits per heavy atom. The third-order valence-corrected chi connectivity index (χ3v) is 7.68. The summed E-state index contributed by atoms with van der Waals surface area (Å²) >= 11 is 0. The topological polar surface area (TPSA) is 70.2 Å². The molecule has 2 fully saturated rings. The summed E-state index contributed by atoms with van der Waals surface area (Å²) in [5.41, 5.74) is 1.52. The molecule has 0 radical (unpaired) electrons. The molecule has 0 spiro atoms. The Morgan fingerprint density at radius 2 is 1.57 bits per heavy atom. The molecule has 0 saturated carbocycles. The smallest absolute Gasteiger partial charge is 0.254 e. The van der Waals surface area contributed by atoms with E-state index in [-0.39, 0.29) is 10.8 Å². The number of ether oxygens (including phenoxy) is 1. The maximum atomic E-state index is 13.0. The first-order valence-corrected chi connectivity index (χ1v) is 11.7. The van der Waals surface area contributed by atoms with E-state index < -0.39 is 10.0 Å². The Labute approximate surface area is 177 Å². The highest BCUT2D eigenvalue weighted by Gasteiger charge is 2.28. The van der Waals surface area contributed by atoms with Crippen LogP contribution in [-0.4, -0.2) is 69.9 Å². The highest BCUT2D eigenvalue weighted by atomic mass is 32.2. The Kier molecular flexibility index (Phi) is 5.97. The second-order valence-corrected chi connectivity index (χ2v) is 9.55. The predicted octanol–water partition coefficient (Wildman–Crippen LogP) is 2.44. The SMILES string of the molecule is COc1ccc(N2CCN(C(=O)c3cccc(S(=O)(=O)N4CCCC4)c3)CC2)cc1. The van der Waals surface area contributed by atoms with Gasteiger partial charge in [0, 0.05) is 50.5 Å². The molecule has 0 aromatic heterocycles. The van der Waals surface area contributed by atoms with Crippen LogP contribution in [0.5, 0.6) is 5.75 Å². The molecule has 8 heteroatoms. The number of rotatable bonds is 5. The lowest BCUT2D eigenvalue weighted by molar-refractivity contribution is 0.0746. The van der Waals surface area contributed by atoms with Crippen LogP contribution in [0.3, 0.4) is 0 Å². The average molecular weight is 430 g/mol. The van der Waals surface area contributed by atoms with Crippen molar-refractivity contribution in [1.29, 1.82) is 0 Å². The van der Waals surface area contributed by atoms with E-state index in [0.717, 1.165) is 37.4 Å². The number of carbonyl (C=O) groups excluding carboxylic acids is 1. The van der Waals surface area contributed by atoms with Gasteiger partial charge in [0.1, 0.15) is 5.75 Å². The maximum Gasteiger partial charge on any atom is 0.254 e. The molecule has 0 aliphatic carbocycles. The largest absolute Gasteiger partial charge is 0.497 e. The lowest BCUT2D eigenvalue weighted by Gasteiger charge is -2.36. The Hall–Kier alpha value is -2.58. The van der Waals surface area contributed by atoms with Crippen molar-refractivity contribution in [2.45, 2.75) is 17.7 Å². The highest BCUT2D eigenvalue weighted by molar-refractivity contribution is 7.89. The van der Waals surface area contributed by atoms with Gasteiger partial charge in [-0.25, -0.2) is 8.42 Å². The molecule has 0 unspecified atom stereocenters. The van der Waals surface area contributed by atoms with E-state index in [9.17, 15) is 13.2 Å². The normalized spacial score (nSPS) is 17.9. The van der Waals surface area contributed by atoms with Gasteiger partial charge in [-0.1, -0.05) is 6.07 Å². The van der Waals surface area contributed by atoms with E-state index in [1.54, 1.807) is 30.2 Å². The third-order valence-electron chi connectivity index (χ3n) is 5.79. The van der Waals surface area contributed by atoms with Crippen LogP contribution in [-0.2, 0) is 10.0 Å². The quantitative estimate of drug-likeness (QED) is 0.730. The summed E-state index contributed by atoms with van der Waals surface area (Å²) in [6, 6.07) is 14.3. The number of piperazine rings is 1. The van der Waals surface area contributed by atoms with Gasteiger partial charge in [0.2, 0.25) is 10.0 Å². The van der Waals surface area contributed by atoms with Crippen molar-refractivity contribution in [2.75, 3.05) is 51.3 Å². The summed E-state index contributed by atoms with van der Waals surface area (Å²) < 4.78 is 32.3. The van der Waals surface area contributed by atoms with Crippen LogP contribution in [0.2, 0.25) is 0 Å². The fourth-order valence-electron chi connectivity index (χ4n) is 4.01. The number of amides is 1. The van der Waals surface area contributed by atoms with E-state index >= 15 is 0 Å². The summed E-state index contributed by atoms with van der Waals surface area (Å²) in [4.78, 5) is 17.2. The van der Waals surface area contributed by atoms with Gasteiger partial charge in [0.05, 0.1) is 12.0 Å². The molecular weight excluding hydrogens is 402 g/mol. The molecule has 0 atom stereocenters. The van der Waals surface area contributed by atoms with Gasteiger partial charge in [0.25, 0.3) is 5.91 Å². The number of sulfonamides is 1. The van der Waals surface area contributed by atoms with E-state index in [1.807, 2.05) is 24.3 Å². The molecule has 2 saturated heterocycles. The predicted molar refractivity (Wildman–Crippen MR) is 116 cm³/mol. The number of benzene rings is 2. The number of anilines is 1. The third kappa shape index (κ3) is 4.15. The minimum absolute atomic E-state index is 0.122. The van der Waals surface area contributed by atoms with Gasteiger partial charge in [-0.3, -0.25) is 4.79 Å². The van der Waals surface area contributed by atoms with Crippen molar-refractivity contribution >= 4 is 21.6 Å². The van der Waals surface area contributed by atoms with E-state index in [2.05, 4.69) is 4.90 Å². The number of nitrogens with zero attached hydrogens (tertiary/aromatic N) is 3. The summed E-state index contributed by atoms with van der Waals surface area (Å²) in [6.07, 6.45) is 1.77. The van der Waals surface area contributed by atoms with E-state index in [1.165, 1.54) is 10.4 Å². The Morgan fingerprint density at radius 3 is 2.20 bits per heavy atom. The molecule has 2 heterocycles. The number of hydrogen-bond donors (Lipinski definition) is 0. The second-order valence-electron chi connectivity index (χ2n) is 7.62. The molecular formula is C22H27N3O4S. The Balaban J connectivity index is 1.43. The fraction of sp³-hybridized carbons (Fsp3) is 0.409. The molecule has 4 rings (SSSR count). The molecule has 2 aliphatic rings. The first-order valence-electron chi connectivity index (χ1n) is 10.3. The minimum Gasteiger partial charge on any atom is -0.497 e. The lowest BCUT2D eigenvalue weighted by Crippen LogP contribution is -2.48. The maximum absolute atomic E-state index is 13.0. The summed E-state index contributed by atoms with van der Waals surface area (Å²) in [5, 5.41) is 0. The van der Waals surface area contributed by atoms with Gasteiger partial charge in [-0.2, -0.15) is 4.31 Å². The van der Waals surface area contributed by atoms with Crippen LogP contribution >= 0.6 is 0 Å². The number of methoxy groups -OCH3 is 1. The lowest BCUT2D eigenvalue weighted by atomic mass is 10.1. The van der Waals surface area contributed by atoms with Crippen LogP contribution in [0.1, 0.15) is 23.2 Å². The van der Waals surface area contributed by atoms with Gasteiger partial charge >= 0.3 is 0 Å². The van der Waals surface area contributed by atoms with Crippen molar-refractivity contribution < 1.29 is 17.9 Å². The van der Waals surface area contributed by atoms with Crippen molar-refractivity contribution in [3.05, 3.63) is 54.1 Å². The fourth-order valence-corrected chi connectivity index (χ4v) is 5.57. The first kappa shape index (κ1) is 20.7. The van der Waals surface area contributed by atoms with Crippen LogP contribution in [0.15, 0.2) is 53.4 Å². The standard InChI is InChI=1S/C22H27N3O4S/c1-29-20-9-7-19(8-10-20)23-13-15-24(16-14-23)22(26)18-5-4-6-21(17-18)30(27,28)25-11-2-3-12-25/h4-10,17H,2-3,11-16H2,1H3. The van der Waals surface area contributed by atoms with Crippen LogP contribution < -0.4 is 9.64 Å². The van der Waals surface area contributed by atoms with Crippen molar-refractivity contribution in [1.82, 2.24) is 9.21 Å². The van der Waals surface area contributed by atoms with E-state index in [0.29, 0.717) is 31.7 Å². The summed E-state index contributed by atoms with van der Waals surface area (Å²) in [5.74, 6) is 0.694. The zero-order valence-corrected chi connectivity index (χ0v) is 18.0. The highest BCUT2D eigenvalue weighted by Crippen LogP contribution is 2.23. The first-order chi connectivity index (χ1) is 14.5. The van der Waals surface area contributed by atoms with Crippen LogP contribution in [0, 0.1) is 0 Å². The van der Waals surface area contributed by atoms with Gasteiger partial charge in [-0.05, 0) is 55.3 Å². The molecule has 2 aromatic rings. The summed E-state index contributed by atoms with van der Waals surface area (Å²) in [7, 11) is -1.89. The minimum atomic E-state index is -3.53. The summed E-state index contributed by atoms with van der Waals surface area (Å²) in [6.45, 7) is 3.73. The molecule has 0 bridgehead atoms. The monoisotopic (exact) mass is 429 g/mol.